The van der Waals surface area contributed by atoms with Gasteiger partial charge < -0.3 is 0 Å². The Morgan fingerprint density at radius 1 is 0.968 bits per heavy atom. The van der Waals surface area contributed by atoms with Crippen molar-refractivity contribution in [3.8, 4) is 0 Å². The van der Waals surface area contributed by atoms with Gasteiger partial charge in [-0.3, -0.25) is 13.8 Å². The van der Waals surface area contributed by atoms with E-state index in [1.165, 1.54) is 16.3 Å². The summed E-state index contributed by atoms with van der Waals surface area (Å²) in [4.78, 5) is 17.5. The van der Waals surface area contributed by atoms with Crippen molar-refractivity contribution in [3.05, 3.63) is 69.6 Å². The molecule has 0 N–H and O–H groups in total. The second-order valence-corrected chi connectivity index (χ2v) is 8.50. The molecule has 31 heavy (non-hydrogen) atoms. The zero-order valence-corrected chi connectivity index (χ0v) is 18.0. The summed E-state index contributed by atoms with van der Waals surface area (Å²) < 4.78 is 5.15. The predicted octanol–water partition coefficient (Wildman–Crippen LogP) is 3.89. The Morgan fingerprint density at radius 2 is 1.68 bits per heavy atom. The lowest BCUT2D eigenvalue weighted by atomic mass is 10.2. The molecule has 6 rings (SSSR count). The Balaban J connectivity index is 1.66. The lowest BCUT2D eigenvalue weighted by molar-refractivity contribution is 0.853. The van der Waals surface area contributed by atoms with Crippen LogP contribution in [0.5, 0.6) is 0 Å². The summed E-state index contributed by atoms with van der Waals surface area (Å²) in [5.41, 5.74) is 2.84. The average Bonchev–Trinajstić information content (AvgIpc) is 3.34. The standard InChI is InChI=1S/C21H14ClN7OS/c1-11-16(22)17-23-18(12-7-3-6-10-15(12)29(17)26-11)31-21-25-24-20-27(2)19(30)13-8-4-5-9-14(13)28(20)21/h3-10H,1-2H3. The summed E-state index contributed by atoms with van der Waals surface area (Å²) in [6, 6.07) is 15.3. The van der Waals surface area contributed by atoms with E-state index in [0.29, 0.717) is 27.0 Å². The van der Waals surface area contributed by atoms with Gasteiger partial charge in [0.25, 0.3) is 5.56 Å². The number of hydrogen-bond acceptors (Lipinski definition) is 6. The maximum Gasteiger partial charge on any atom is 0.262 e. The number of benzene rings is 2. The van der Waals surface area contributed by atoms with Gasteiger partial charge in [0.05, 0.1) is 22.1 Å². The normalized spacial score (nSPS) is 12.0. The van der Waals surface area contributed by atoms with E-state index in [2.05, 4.69) is 15.3 Å². The number of aryl methyl sites for hydroxylation is 2. The van der Waals surface area contributed by atoms with Crippen molar-refractivity contribution >= 4 is 56.6 Å². The molecule has 8 nitrogen and oxygen atoms in total. The molecular formula is C21H14ClN7OS. The molecule has 4 aromatic heterocycles. The van der Waals surface area contributed by atoms with Crippen LogP contribution in [0, 0.1) is 6.92 Å². The molecule has 0 unspecified atom stereocenters. The van der Waals surface area contributed by atoms with Crippen molar-refractivity contribution in [2.75, 3.05) is 0 Å². The highest BCUT2D eigenvalue weighted by Gasteiger charge is 2.19. The summed E-state index contributed by atoms with van der Waals surface area (Å²) in [6.45, 7) is 1.86. The fourth-order valence-corrected chi connectivity index (χ4v) is 4.90. The van der Waals surface area contributed by atoms with E-state index in [-0.39, 0.29) is 5.56 Å². The van der Waals surface area contributed by atoms with Gasteiger partial charge in [-0.2, -0.15) is 5.10 Å². The zero-order valence-electron chi connectivity index (χ0n) is 16.4. The van der Waals surface area contributed by atoms with E-state index in [1.54, 1.807) is 17.6 Å². The van der Waals surface area contributed by atoms with Gasteiger partial charge in [-0.05, 0) is 36.9 Å². The van der Waals surface area contributed by atoms with Gasteiger partial charge in [0.2, 0.25) is 10.9 Å². The first-order chi connectivity index (χ1) is 15.0. The Morgan fingerprint density at radius 3 is 2.48 bits per heavy atom. The second-order valence-electron chi connectivity index (χ2n) is 7.17. The van der Waals surface area contributed by atoms with E-state index >= 15 is 0 Å². The van der Waals surface area contributed by atoms with E-state index in [9.17, 15) is 4.79 Å². The molecule has 4 heterocycles. The van der Waals surface area contributed by atoms with Gasteiger partial charge in [-0.1, -0.05) is 41.9 Å². The smallest absolute Gasteiger partial charge is 0.262 e. The first-order valence-corrected chi connectivity index (χ1v) is 10.7. The molecule has 0 aliphatic rings. The number of nitrogens with zero attached hydrogens (tertiary/aromatic N) is 7. The molecule has 0 saturated heterocycles. The van der Waals surface area contributed by atoms with Crippen LogP contribution in [0.1, 0.15) is 5.69 Å². The number of rotatable bonds is 2. The SMILES string of the molecule is Cc1nn2c(nc(Sc3nnc4n(C)c(=O)c5ccccc5n34)c3ccccc32)c1Cl. The molecule has 10 heteroatoms. The number of halogens is 1. The summed E-state index contributed by atoms with van der Waals surface area (Å²) in [6.07, 6.45) is 0. The minimum Gasteiger partial charge on any atom is -0.279 e. The maximum absolute atomic E-state index is 12.7. The maximum atomic E-state index is 12.7. The Kier molecular flexibility index (Phi) is 3.87. The summed E-state index contributed by atoms with van der Waals surface area (Å²) in [5, 5.41) is 16.6. The molecule has 0 fully saturated rings. The topological polar surface area (TPSA) is 82.4 Å². The van der Waals surface area contributed by atoms with Gasteiger partial charge in [-0.25, -0.2) is 9.50 Å². The molecule has 0 atom stereocenters. The van der Waals surface area contributed by atoms with Gasteiger partial charge >= 0.3 is 0 Å². The molecular weight excluding hydrogens is 434 g/mol. The second kappa shape index (κ2) is 6.53. The number of fused-ring (bicyclic) bond motifs is 6. The third-order valence-corrected chi connectivity index (χ3v) is 6.71. The third-order valence-electron chi connectivity index (χ3n) is 5.32. The van der Waals surface area contributed by atoms with E-state index in [0.717, 1.165) is 27.1 Å². The van der Waals surface area contributed by atoms with Crippen molar-refractivity contribution in [2.45, 2.75) is 17.1 Å². The number of hydrogen-bond donors (Lipinski definition) is 0. The van der Waals surface area contributed by atoms with Crippen LogP contribution in [0.4, 0.5) is 0 Å². The quantitative estimate of drug-likeness (QED) is 0.374. The lowest BCUT2D eigenvalue weighted by Gasteiger charge is -2.09. The largest absolute Gasteiger partial charge is 0.279 e. The highest BCUT2D eigenvalue weighted by Crippen LogP contribution is 2.34. The van der Waals surface area contributed by atoms with Gasteiger partial charge in [-0.15, -0.1) is 10.2 Å². The third kappa shape index (κ3) is 2.53. The fraction of sp³-hybridized carbons (Fsp3) is 0.0952. The number of aromatic nitrogens is 7. The molecule has 0 radical (unpaired) electrons. The van der Waals surface area contributed by atoms with Crippen molar-refractivity contribution in [1.29, 1.82) is 0 Å². The van der Waals surface area contributed by atoms with Crippen LogP contribution in [-0.2, 0) is 7.05 Å². The lowest BCUT2D eigenvalue weighted by Crippen LogP contribution is -2.20. The minimum absolute atomic E-state index is 0.112. The Labute approximate surface area is 184 Å². The van der Waals surface area contributed by atoms with Gasteiger partial charge in [0.1, 0.15) is 10.0 Å². The van der Waals surface area contributed by atoms with Crippen LogP contribution in [-0.4, -0.2) is 33.8 Å². The molecule has 0 aliphatic heterocycles. The minimum atomic E-state index is -0.112. The molecule has 152 valence electrons. The first-order valence-electron chi connectivity index (χ1n) is 9.49. The number of para-hydroxylation sites is 2. The summed E-state index contributed by atoms with van der Waals surface area (Å²) >= 11 is 7.86. The average molecular weight is 448 g/mol. The molecule has 0 amide bonds. The van der Waals surface area contributed by atoms with Crippen LogP contribution in [0.15, 0.2) is 63.5 Å². The van der Waals surface area contributed by atoms with Crippen LogP contribution < -0.4 is 5.56 Å². The molecule has 2 aromatic carbocycles. The van der Waals surface area contributed by atoms with Crippen LogP contribution >= 0.6 is 23.4 Å². The fourth-order valence-electron chi connectivity index (χ4n) is 3.80. The predicted molar refractivity (Wildman–Crippen MR) is 120 cm³/mol. The Hall–Kier alpha value is -3.43. The van der Waals surface area contributed by atoms with Gasteiger partial charge in [0, 0.05) is 12.4 Å². The highest BCUT2D eigenvalue weighted by molar-refractivity contribution is 7.99. The molecule has 0 spiro atoms. The molecule has 0 saturated carbocycles. The van der Waals surface area contributed by atoms with E-state index in [1.807, 2.05) is 53.8 Å². The zero-order chi connectivity index (χ0) is 21.3. The van der Waals surface area contributed by atoms with E-state index < -0.39 is 0 Å². The Bertz CT molecular complexity index is 1730. The van der Waals surface area contributed by atoms with Crippen molar-refractivity contribution in [1.82, 2.24) is 33.8 Å². The van der Waals surface area contributed by atoms with Crippen LogP contribution in [0.3, 0.4) is 0 Å². The molecule has 6 aromatic rings. The van der Waals surface area contributed by atoms with Crippen LogP contribution in [0.25, 0.3) is 33.2 Å². The van der Waals surface area contributed by atoms with Crippen LogP contribution in [0.2, 0.25) is 5.02 Å². The summed E-state index contributed by atoms with van der Waals surface area (Å²) in [5.74, 6) is 0.467. The highest BCUT2D eigenvalue weighted by atomic mass is 35.5. The molecule has 0 bridgehead atoms. The molecule has 0 aliphatic carbocycles. The van der Waals surface area contributed by atoms with Crippen molar-refractivity contribution < 1.29 is 0 Å². The summed E-state index contributed by atoms with van der Waals surface area (Å²) in [7, 11) is 1.70. The monoisotopic (exact) mass is 447 g/mol. The van der Waals surface area contributed by atoms with Crippen molar-refractivity contribution in [2.24, 2.45) is 7.05 Å². The first kappa shape index (κ1) is 18.3. The van der Waals surface area contributed by atoms with E-state index in [4.69, 9.17) is 16.6 Å². The van der Waals surface area contributed by atoms with Crippen molar-refractivity contribution in [3.63, 3.8) is 0 Å². The van der Waals surface area contributed by atoms with Gasteiger partial charge in [0.15, 0.2) is 5.65 Å².